The molecule has 0 aliphatic rings. The summed E-state index contributed by atoms with van der Waals surface area (Å²) >= 11 is 0. The largest absolute Gasteiger partial charge is 0.494 e. The van der Waals surface area contributed by atoms with Crippen molar-refractivity contribution in [1.29, 1.82) is 0 Å². The molecule has 1 unspecified atom stereocenters. The first kappa shape index (κ1) is 14.5. The minimum absolute atomic E-state index is 0.158. The maximum absolute atomic E-state index is 13.5. The second kappa shape index (κ2) is 7.06. The normalized spacial score (nSPS) is 12.2. The molecule has 2 aromatic rings. The van der Waals surface area contributed by atoms with Crippen molar-refractivity contribution >= 4 is 0 Å². The van der Waals surface area contributed by atoms with Gasteiger partial charge in [-0.15, -0.1) is 0 Å². The van der Waals surface area contributed by atoms with Crippen molar-refractivity contribution in [3.8, 4) is 5.75 Å². The van der Waals surface area contributed by atoms with Crippen molar-refractivity contribution < 1.29 is 9.13 Å². The van der Waals surface area contributed by atoms with Gasteiger partial charge in [0, 0.05) is 18.2 Å². The van der Waals surface area contributed by atoms with Crippen LogP contribution in [0.25, 0.3) is 0 Å². The number of ether oxygens (including phenoxy) is 1. The number of benzene rings is 2. The van der Waals surface area contributed by atoms with E-state index in [1.54, 1.807) is 12.1 Å². The molecule has 2 nitrogen and oxygen atoms in total. The van der Waals surface area contributed by atoms with E-state index in [4.69, 9.17) is 4.74 Å². The summed E-state index contributed by atoms with van der Waals surface area (Å²) in [5, 5.41) is 3.33. The third-order valence-corrected chi connectivity index (χ3v) is 3.25. The number of halogens is 1. The Labute approximate surface area is 119 Å². The fourth-order valence-corrected chi connectivity index (χ4v) is 2.04. The predicted octanol–water partition coefficient (Wildman–Crippen LogP) is 4.08. The highest BCUT2D eigenvalue weighted by atomic mass is 19.1. The molecule has 0 spiro atoms. The number of hydrogen-bond donors (Lipinski definition) is 1. The van der Waals surface area contributed by atoms with Crippen molar-refractivity contribution in [2.45, 2.75) is 26.4 Å². The summed E-state index contributed by atoms with van der Waals surface area (Å²) in [6, 6.07) is 15.0. The summed E-state index contributed by atoms with van der Waals surface area (Å²) in [5.74, 6) is 0.705. The van der Waals surface area contributed by atoms with Crippen molar-refractivity contribution in [2.75, 3.05) is 6.61 Å². The highest BCUT2D eigenvalue weighted by Gasteiger charge is 2.07. The van der Waals surface area contributed by atoms with Crippen LogP contribution in [0.5, 0.6) is 5.75 Å². The van der Waals surface area contributed by atoms with Crippen LogP contribution in [0.2, 0.25) is 0 Å². The van der Waals surface area contributed by atoms with Crippen molar-refractivity contribution in [3.05, 3.63) is 65.5 Å². The summed E-state index contributed by atoms with van der Waals surface area (Å²) in [4.78, 5) is 0. The number of hydrogen-bond acceptors (Lipinski definition) is 2. The second-order valence-corrected chi connectivity index (χ2v) is 4.70. The van der Waals surface area contributed by atoms with Crippen LogP contribution in [0.3, 0.4) is 0 Å². The van der Waals surface area contributed by atoms with Crippen LogP contribution in [-0.2, 0) is 6.54 Å². The topological polar surface area (TPSA) is 21.3 Å². The maximum atomic E-state index is 13.5. The van der Waals surface area contributed by atoms with Crippen LogP contribution in [0.15, 0.2) is 48.5 Å². The molecular weight excluding hydrogens is 253 g/mol. The van der Waals surface area contributed by atoms with E-state index in [9.17, 15) is 4.39 Å². The average Bonchev–Trinajstić information content (AvgIpc) is 2.47. The predicted molar refractivity (Wildman–Crippen MR) is 79.3 cm³/mol. The van der Waals surface area contributed by atoms with Gasteiger partial charge in [-0.2, -0.15) is 0 Å². The Balaban J connectivity index is 1.94. The van der Waals surface area contributed by atoms with Gasteiger partial charge in [0.1, 0.15) is 11.6 Å². The van der Waals surface area contributed by atoms with E-state index in [0.717, 1.165) is 11.3 Å². The van der Waals surface area contributed by atoms with Gasteiger partial charge >= 0.3 is 0 Å². The smallest absolute Gasteiger partial charge is 0.127 e. The summed E-state index contributed by atoms with van der Waals surface area (Å²) in [7, 11) is 0. The lowest BCUT2D eigenvalue weighted by molar-refractivity contribution is 0.340. The van der Waals surface area contributed by atoms with Crippen molar-refractivity contribution in [3.63, 3.8) is 0 Å². The molecule has 20 heavy (non-hydrogen) atoms. The first-order valence-electron chi connectivity index (χ1n) is 6.90. The molecule has 0 bridgehead atoms. The van der Waals surface area contributed by atoms with Gasteiger partial charge in [-0.25, -0.2) is 4.39 Å². The molecule has 0 amide bonds. The minimum Gasteiger partial charge on any atom is -0.494 e. The van der Waals surface area contributed by atoms with Gasteiger partial charge in [0.05, 0.1) is 6.61 Å². The van der Waals surface area contributed by atoms with E-state index in [1.807, 2.05) is 37.3 Å². The number of rotatable bonds is 6. The molecule has 0 saturated heterocycles. The van der Waals surface area contributed by atoms with Crippen molar-refractivity contribution in [1.82, 2.24) is 5.32 Å². The Kier molecular flexibility index (Phi) is 5.13. The Morgan fingerprint density at radius 3 is 2.45 bits per heavy atom. The lowest BCUT2D eigenvalue weighted by atomic mass is 10.1. The second-order valence-electron chi connectivity index (χ2n) is 4.70. The summed E-state index contributed by atoms with van der Waals surface area (Å²) < 4.78 is 18.9. The highest BCUT2D eigenvalue weighted by Crippen LogP contribution is 2.18. The molecule has 0 radical (unpaired) electrons. The zero-order valence-electron chi connectivity index (χ0n) is 11.9. The third kappa shape index (κ3) is 3.81. The van der Waals surface area contributed by atoms with Gasteiger partial charge in [-0.3, -0.25) is 0 Å². The summed E-state index contributed by atoms with van der Waals surface area (Å²) in [6.07, 6.45) is 0. The fourth-order valence-electron chi connectivity index (χ4n) is 2.04. The molecule has 0 aliphatic carbocycles. The lowest BCUT2D eigenvalue weighted by Crippen LogP contribution is -2.18. The Hall–Kier alpha value is -1.87. The van der Waals surface area contributed by atoms with Crippen LogP contribution >= 0.6 is 0 Å². The van der Waals surface area contributed by atoms with E-state index in [1.165, 1.54) is 6.07 Å². The van der Waals surface area contributed by atoms with Gasteiger partial charge in [0.2, 0.25) is 0 Å². The first-order valence-corrected chi connectivity index (χ1v) is 6.90. The van der Waals surface area contributed by atoms with E-state index >= 15 is 0 Å². The zero-order valence-corrected chi connectivity index (χ0v) is 11.9. The molecule has 2 rings (SSSR count). The Morgan fingerprint density at radius 2 is 1.80 bits per heavy atom. The molecule has 0 aliphatic heterocycles. The van der Waals surface area contributed by atoms with Crippen molar-refractivity contribution in [2.24, 2.45) is 0 Å². The fraction of sp³-hybridized carbons (Fsp3) is 0.294. The molecule has 0 fully saturated rings. The average molecular weight is 273 g/mol. The lowest BCUT2D eigenvalue weighted by Gasteiger charge is -2.15. The summed E-state index contributed by atoms with van der Waals surface area (Å²) in [5.41, 5.74) is 1.84. The monoisotopic (exact) mass is 273 g/mol. The van der Waals surface area contributed by atoms with Crippen LogP contribution in [-0.4, -0.2) is 6.61 Å². The van der Waals surface area contributed by atoms with E-state index in [0.29, 0.717) is 18.7 Å². The van der Waals surface area contributed by atoms with Crippen LogP contribution in [0.4, 0.5) is 4.39 Å². The Bertz CT molecular complexity index is 539. The maximum Gasteiger partial charge on any atom is 0.127 e. The first-order chi connectivity index (χ1) is 9.70. The minimum atomic E-state index is -0.168. The highest BCUT2D eigenvalue weighted by molar-refractivity contribution is 5.29. The Morgan fingerprint density at radius 1 is 1.10 bits per heavy atom. The SMILES string of the molecule is CCOc1ccc(C(C)NCc2ccccc2F)cc1. The molecule has 0 aromatic heterocycles. The molecule has 1 N–H and O–H groups in total. The van der Waals surface area contributed by atoms with Gasteiger partial charge in [0.15, 0.2) is 0 Å². The number of nitrogens with one attached hydrogen (secondary N) is 1. The molecule has 1 atom stereocenters. The third-order valence-electron chi connectivity index (χ3n) is 3.25. The molecule has 106 valence electrons. The van der Waals surface area contributed by atoms with Gasteiger partial charge < -0.3 is 10.1 Å². The van der Waals surface area contributed by atoms with Crippen LogP contribution in [0, 0.1) is 5.82 Å². The molecule has 0 heterocycles. The van der Waals surface area contributed by atoms with Crippen LogP contribution in [0.1, 0.15) is 31.0 Å². The van der Waals surface area contributed by atoms with E-state index in [-0.39, 0.29) is 11.9 Å². The van der Waals surface area contributed by atoms with Gasteiger partial charge in [0.25, 0.3) is 0 Å². The summed E-state index contributed by atoms with van der Waals surface area (Å²) in [6.45, 7) is 5.21. The molecule has 2 aromatic carbocycles. The zero-order chi connectivity index (χ0) is 14.4. The van der Waals surface area contributed by atoms with Gasteiger partial charge in [-0.1, -0.05) is 30.3 Å². The molecule has 0 saturated carbocycles. The standard InChI is InChI=1S/C17H20FNO/c1-3-20-16-10-8-14(9-11-16)13(2)19-12-15-6-4-5-7-17(15)18/h4-11,13,19H,3,12H2,1-2H3. The van der Waals surface area contributed by atoms with Gasteiger partial charge in [-0.05, 0) is 37.6 Å². The quantitative estimate of drug-likeness (QED) is 0.856. The van der Waals surface area contributed by atoms with E-state index in [2.05, 4.69) is 12.2 Å². The van der Waals surface area contributed by atoms with E-state index < -0.39 is 0 Å². The molecular formula is C17H20FNO. The molecule has 3 heteroatoms. The van der Waals surface area contributed by atoms with Crippen LogP contribution < -0.4 is 10.1 Å².